The number of fused-ring (bicyclic) bond motifs is 3. The first kappa shape index (κ1) is 53.2. The first-order valence-electron chi connectivity index (χ1n) is 25.2. The van der Waals surface area contributed by atoms with Gasteiger partial charge in [0.05, 0.1) is 35.5 Å². The monoisotopic (exact) mass is 987 g/mol. The SMILES string of the molecule is Cc1cc(C)cc([P+](CCCCCCCCCCCC(=O)Nc2ccc3c(c2O)C(O)=C2C(=O)[C@]4(O)C(O)=C(C(N)=O)C(=O)[C@@H](N(C)C)[C@@H]4[C@@H](O)[C@@H]2[C@H]3C)(c2cc(C)cc(C)c2)c2cc(C)cc(C)c2)c1. The van der Waals surface area contributed by atoms with Crippen LogP contribution < -0.4 is 27.0 Å². The molecule has 0 bridgehead atoms. The summed E-state index contributed by atoms with van der Waals surface area (Å²) < 4.78 is 0. The van der Waals surface area contributed by atoms with Crippen LogP contribution >= 0.6 is 7.26 Å². The van der Waals surface area contributed by atoms with Crippen molar-refractivity contribution in [1.29, 1.82) is 0 Å². The highest BCUT2D eigenvalue weighted by Gasteiger charge is 2.68. The summed E-state index contributed by atoms with van der Waals surface area (Å²) in [4.78, 5) is 54.7. The maximum Gasteiger partial charge on any atom is 0.255 e. The van der Waals surface area contributed by atoms with Gasteiger partial charge in [0.1, 0.15) is 46.0 Å². The molecular formula is C58H73N3O9P+. The van der Waals surface area contributed by atoms with E-state index in [4.69, 9.17) is 5.73 Å². The molecule has 0 unspecified atom stereocenters. The number of amides is 2. The number of nitrogens with zero attached hydrogens (tertiary/aromatic N) is 1. The van der Waals surface area contributed by atoms with Crippen LogP contribution in [0, 0.1) is 53.4 Å². The number of benzene rings is 4. The normalized spacial score (nSPS) is 22.1. The van der Waals surface area contributed by atoms with Crippen molar-refractivity contribution in [3.05, 3.63) is 128 Å². The Labute approximate surface area is 419 Å². The molecule has 3 aliphatic carbocycles. The minimum Gasteiger partial charge on any atom is -0.508 e. The van der Waals surface area contributed by atoms with Crippen molar-refractivity contribution in [2.45, 2.75) is 136 Å². The van der Waals surface area contributed by atoms with E-state index in [1.165, 1.54) is 74.4 Å². The molecule has 1 fully saturated rings. The fourth-order valence-corrected chi connectivity index (χ4v) is 17.1. The molecule has 0 spiro atoms. The second kappa shape index (κ2) is 21.2. The van der Waals surface area contributed by atoms with Crippen LogP contribution in [0.5, 0.6) is 5.75 Å². The van der Waals surface area contributed by atoms with Gasteiger partial charge < -0.3 is 36.6 Å². The number of phenols is 1. The number of nitrogens with one attached hydrogen (secondary N) is 1. The van der Waals surface area contributed by atoms with Gasteiger partial charge in [-0.25, -0.2) is 0 Å². The molecule has 0 aromatic heterocycles. The van der Waals surface area contributed by atoms with E-state index >= 15 is 0 Å². The van der Waals surface area contributed by atoms with E-state index in [2.05, 4.69) is 101 Å². The van der Waals surface area contributed by atoms with Crippen LogP contribution in [0.25, 0.3) is 5.76 Å². The molecule has 4 aromatic carbocycles. The topological polar surface area (TPSA) is 211 Å². The third-order valence-corrected chi connectivity index (χ3v) is 19.6. The molecule has 8 N–H and O–H groups in total. The maximum absolute atomic E-state index is 14.3. The number of anilines is 1. The number of hydrogen-bond acceptors (Lipinski definition) is 10. The quantitative estimate of drug-likeness (QED) is 0.0220. The van der Waals surface area contributed by atoms with E-state index < -0.39 is 88.7 Å². The van der Waals surface area contributed by atoms with Gasteiger partial charge in [0.2, 0.25) is 11.7 Å². The van der Waals surface area contributed by atoms with Crippen molar-refractivity contribution in [1.82, 2.24) is 4.90 Å². The number of unbranched alkanes of at least 4 members (excludes halogenated alkanes) is 8. The van der Waals surface area contributed by atoms with Gasteiger partial charge in [0.25, 0.3) is 5.91 Å². The van der Waals surface area contributed by atoms with Gasteiger partial charge in [0, 0.05) is 17.9 Å². The number of likely N-dealkylation sites (N-methyl/N-ethyl adjacent to an activating group) is 1. The molecule has 7 rings (SSSR count). The first-order chi connectivity index (χ1) is 33.5. The molecule has 0 aliphatic heterocycles. The highest BCUT2D eigenvalue weighted by Crippen LogP contribution is 2.58. The number of ketones is 2. The minimum atomic E-state index is -3.01. The molecule has 0 heterocycles. The van der Waals surface area contributed by atoms with E-state index in [9.17, 15) is 44.7 Å². The number of carbonyl (C=O) groups excluding carboxylic acids is 4. The summed E-state index contributed by atoms with van der Waals surface area (Å²) in [6.45, 7) is 14.9. The number of rotatable bonds is 18. The lowest BCUT2D eigenvalue weighted by Crippen LogP contribution is -2.70. The number of nitrogens with two attached hydrogens (primary N) is 1. The smallest absolute Gasteiger partial charge is 0.255 e. The number of phenolic OH excluding ortho intramolecular Hbond substituents is 1. The lowest BCUT2D eigenvalue weighted by Gasteiger charge is -2.53. The Bertz CT molecular complexity index is 2640. The summed E-state index contributed by atoms with van der Waals surface area (Å²) in [5, 5.41) is 65.4. The van der Waals surface area contributed by atoms with Crippen molar-refractivity contribution >= 4 is 58.0 Å². The molecule has 3 aliphatic rings. The lowest BCUT2D eigenvalue weighted by molar-refractivity contribution is -0.169. The number of aliphatic hydroxyl groups excluding tert-OH is 3. The average Bonchev–Trinajstić information content (AvgIpc) is 3.27. The first-order valence-corrected chi connectivity index (χ1v) is 27.1. The van der Waals surface area contributed by atoms with E-state index in [-0.39, 0.29) is 23.6 Å². The van der Waals surface area contributed by atoms with Gasteiger partial charge in [-0.15, -0.1) is 0 Å². The molecule has 0 saturated heterocycles. The third-order valence-electron chi connectivity index (χ3n) is 15.2. The van der Waals surface area contributed by atoms with Crippen molar-refractivity contribution in [2.24, 2.45) is 17.6 Å². The van der Waals surface area contributed by atoms with Gasteiger partial charge >= 0.3 is 0 Å². The van der Waals surface area contributed by atoms with Crippen LogP contribution in [-0.2, 0) is 19.2 Å². The zero-order chi connectivity index (χ0) is 51.9. The zero-order valence-electron chi connectivity index (χ0n) is 42.9. The summed E-state index contributed by atoms with van der Waals surface area (Å²) in [6.07, 6.45) is 8.90. The largest absolute Gasteiger partial charge is 0.508 e. The van der Waals surface area contributed by atoms with Crippen molar-refractivity contribution in [3.8, 4) is 5.75 Å². The number of carbonyl (C=O) groups is 4. The molecule has 0 radical (unpaired) electrons. The van der Waals surface area contributed by atoms with Crippen LogP contribution in [0.2, 0.25) is 0 Å². The summed E-state index contributed by atoms with van der Waals surface area (Å²) in [6, 6.07) is 23.1. The molecule has 13 heteroatoms. The van der Waals surface area contributed by atoms with Crippen LogP contribution in [0.4, 0.5) is 5.69 Å². The molecule has 6 atom stereocenters. The lowest BCUT2D eigenvalue weighted by atomic mass is 9.54. The molecule has 1 saturated carbocycles. The number of primary amides is 1. The second-order valence-electron chi connectivity index (χ2n) is 21.0. The Morgan fingerprint density at radius 3 is 1.61 bits per heavy atom. The standard InChI is InChI=1S/C58H72N3O9P/c1-32-23-33(2)27-39(26-32)71(40-28-34(3)24-35(4)29-40,41-30-36(5)25-37(6)31-41)22-18-16-14-12-10-11-13-15-17-19-44(62)60-43-21-20-42-38(7)45-47(52(64)46(42)51(43)63)55(67)58(70)49(53(45)65)50(61(8)9)54(66)48(56(58)68)57(59)69/h20-21,23-31,38,45,49-50,53,65,70H,10-19,22H2,1-9H3,(H5-,59,60,62,63,64,66,67,68,69)/p+1/t38-,45+,49+,50-,53-,58-/m0/s1. The number of Topliss-reactive ketones (excluding diaryl/α,β-unsaturated/α-hetero) is 2. The van der Waals surface area contributed by atoms with E-state index in [0.717, 1.165) is 57.5 Å². The van der Waals surface area contributed by atoms with Gasteiger partial charge in [-0.2, -0.15) is 0 Å². The molecule has 12 nitrogen and oxygen atoms in total. The molecule has 2 amide bonds. The van der Waals surface area contributed by atoms with Crippen molar-refractivity contribution in [3.63, 3.8) is 0 Å². The van der Waals surface area contributed by atoms with E-state index in [0.29, 0.717) is 12.0 Å². The van der Waals surface area contributed by atoms with Crippen molar-refractivity contribution < 1.29 is 44.7 Å². The Morgan fingerprint density at radius 2 is 1.15 bits per heavy atom. The number of hydrogen-bond donors (Lipinski definition) is 7. The fourth-order valence-electron chi connectivity index (χ4n) is 12.1. The minimum absolute atomic E-state index is 0.00185. The average molecular weight is 987 g/mol. The Hall–Kier alpha value is -5.65. The molecular weight excluding hydrogens is 914 g/mol. The van der Waals surface area contributed by atoms with Gasteiger partial charge in [-0.1, -0.05) is 69.7 Å². The Morgan fingerprint density at radius 1 is 0.704 bits per heavy atom. The van der Waals surface area contributed by atoms with Crippen LogP contribution in [0.15, 0.2) is 83.6 Å². The predicted octanol–water partition coefficient (Wildman–Crippen LogP) is 8.18. The van der Waals surface area contributed by atoms with E-state index in [1.54, 1.807) is 13.0 Å². The number of aryl methyl sites for hydroxylation is 6. The van der Waals surface area contributed by atoms with Gasteiger partial charge in [-0.05, 0) is 162 Å². The van der Waals surface area contributed by atoms with Gasteiger partial charge in [0.15, 0.2) is 11.4 Å². The van der Waals surface area contributed by atoms with Gasteiger partial charge in [-0.3, -0.25) is 24.1 Å². The number of aliphatic hydroxyl groups is 4. The summed E-state index contributed by atoms with van der Waals surface area (Å²) in [5.41, 5.74) is 8.92. The fraction of sp³-hybridized carbons (Fsp3) is 0.448. The zero-order valence-corrected chi connectivity index (χ0v) is 43.8. The number of aromatic hydroxyl groups is 1. The predicted molar refractivity (Wildman–Crippen MR) is 284 cm³/mol. The molecule has 4 aromatic rings. The van der Waals surface area contributed by atoms with Crippen LogP contribution in [-0.4, -0.2) is 91.8 Å². The molecule has 71 heavy (non-hydrogen) atoms. The summed E-state index contributed by atoms with van der Waals surface area (Å²) in [5.74, 6) is -10.1. The van der Waals surface area contributed by atoms with Crippen LogP contribution in [0.1, 0.15) is 122 Å². The van der Waals surface area contributed by atoms with Crippen molar-refractivity contribution in [2.75, 3.05) is 25.6 Å². The third kappa shape index (κ3) is 9.98. The Kier molecular flexibility index (Phi) is 15.9. The maximum atomic E-state index is 14.3. The van der Waals surface area contributed by atoms with Crippen LogP contribution in [0.3, 0.4) is 0 Å². The molecule has 378 valence electrons. The highest BCUT2D eigenvalue weighted by atomic mass is 31.2. The summed E-state index contributed by atoms with van der Waals surface area (Å²) in [7, 11) is 0.936. The highest BCUT2D eigenvalue weighted by molar-refractivity contribution is 7.95. The van der Waals surface area contributed by atoms with E-state index in [1.807, 2.05) is 0 Å². The summed E-state index contributed by atoms with van der Waals surface area (Å²) >= 11 is 0. The second-order valence-corrected chi connectivity index (χ2v) is 24.6. The Balaban J connectivity index is 0.942.